The van der Waals surface area contributed by atoms with Crippen molar-refractivity contribution in [1.82, 2.24) is 14.8 Å². The first-order valence-electron chi connectivity index (χ1n) is 8.22. The maximum Gasteiger partial charge on any atom is 0.268 e. The average molecular weight is 333 g/mol. The number of likely N-dealkylation sites (tertiary alicyclic amines) is 1. The zero-order valence-corrected chi connectivity index (χ0v) is 14.5. The Hall–Kier alpha value is -1.82. The number of hydrogen-bond donors (Lipinski definition) is 1. The van der Waals surface area contributed by atoms with Gasteiger partial charge in [0.15, 0.2) is 0 Å². The molecule has 0 saturated carbocycles. The van der Waals surface area contributed by atoms with Crippen molar-refractivity contribution < 1.29 is 9.59 Å². The summed E-state index contributed by atoms with van der Waals surface area (Å²) in [7, 11) is 0. The normalized spacial score (nSPS) is 15.3. The monoisotopic (exact) mass is 333 g/mol. The van der Waals surface area contributed by atoms with Crippen LogP contribution in [0.2, 0.25) is 0 Å². The van der Waals surface area contributed by atoms with Crippen molar-refractivity contribution in [3.05, 3.63) is 23.2 Å². The van der Waals surface area contributed by atoms with E-state index in [1.165, 1.54) is 6.42 Å². The first-order chi connectivity index (χ1) is 11.1. The molecule has 1 saturated heterocycles. The van der Waals surface area contributed by atoms with Crippen LogP contribution in [0, 0.1) is 0 Å². The first-order valence-corrected chi connectivity index (χ1v) is 9.10. The number of fused-ring (bicyclic) bond motifs is 1. The highest BCUT2D eigenvalue weighted by atomic mass is 32.1. The van der Waals surface area contributed by atoms with Crippen LogP contribution in [0.4, 0.5) is 0 Å². The lowest BCUT2D eigenvalue weighted by Crippen LogP contribution is -2.42. The van der Waals surface area contributed by atoms with Crippen LogP contribution in [0.15, 0.2) is 17.5 Å². The zero-order chi connectivity index (χ0) is 16.4. The Balaban J connectivity index is 1.69. The molecular weight excluding hydrogens is 310 g/mol. The summed E-state index contributed by atoms with van der Waals surface area (Å²) in [6.07, 6.45) is 3.31. The van der Waals surface area contributed by atoms with E-state index in [-0.39, 0.29) is 24.4 Å². The molecule has 0 unspecified atom stereocenters. The number of nitrogens with one attached hydrogen (secondary N) is 1. The third-order valence-electron chi connectivity index (χ3n) is 4.32. The van der Waals surface area contributed by atoms with Gasteiger partial charge in [-0.25, -0.2) is 0 Å². The van der Waals surface area contributed by atoms with Crippen LogP contribution in [-0.4, -0.2) is 40.9 Å². The fraction of sp³-hybridized carbons (Fsp3) is 0.529. The lowest BCUT2D eigenvalue weighted by Gasteiger charge is -2.26. The van der Waals surface area contributed by atoms with Gasteiger partial charge in [-0.3, -0.25) is 9.59 Å². The van der Waals surface area contributed by atoms with E-state index in [1.54, 1.807) is 11.3 Å². The molecule has 1 fully saturated rings. The van der Waals surface area contributed by atoms with Crippen molar-refractivity contribution in [2.24, 2.45) is 0 Å². The lowest BCUT2D eigenvalue weighted by molar-refractivity contribution is -0.130. The number of carbonyl (C=O) groups is 2. The second-order valence-corrected chi connectivity index (χ2v) is 7.24. The molecule has 2 aromatic heterocycles. The van der Waals surface area contributed by atoms with E-state index in [4.69, 9.17) is 0 Å². The Labute approximate surface area is 140 Å². The predicted octanol–water partition coefficient (Wildman–Crippen LogP) is 3.03. The zero-order valence-electron chi connectivity index (χ0n) is 13.7. The van der Waals surface area contributed by atoms with Crippen LogP contribution in [-0.2, 0) is 4.79 Å². The Morgan fingerprint density at radius 2 is 2.00 bits per heavy atom. The fourth-order valence-electron chi connectivity index (χ4n) is 3.18. The molecule has 6 heteroatoms. The van der Waals surface area contributed by atoms with E-state index in [9.17, 15) is 9.59 Å². The maximum absolute atomic E-state index is 12.5. The number of thiophene rings is 1. The SMILES string of the molecule is CC(C)n1c(C(=O)NCC(=O)N2CCCCC2)cc2sccc21. The van der Waals surface area contributed by atoms with Gasteiger partial charge in [-0.2, -0.15) is 0 Å². The number of nitrogens with zero attached hydrogens (tertiary/aromatic N) is 2. The van der Waals surface area contributed by atoms with Crippen LogP contribution < -0.4 is 5.32 Å². The number of piperidine rings is 1. The molecule has 1 aliphatic heterocycles. The molecule has 1 N–H and O–H groups in total. The summed E-state index contributed by atoms with van der Waals surface area (Å²) in [6, 6.07) is 4.15. The Morgan fingerprint density at radius 1 is 1.26 bits per heavy atom. The summed E-state index contributed by atoms with van der Waals surface area (Å²) in [5, 5.41) is 4.83. The minimum absolute atomic E-state index is 0.0162. The lowest BCUT2D eigenvalue weighted by atomic mass is 10.1. The molecule has 3 rings (SSSR count). The fourth-order valence-corrected chi connectivity index (χ4v) is 3.99. The average Bonchev–Trinajstić information content (AvgIpc) is 3.13. The van der Waals surface area contributed by atoms with Crippen molar-refractivity contribution in [1.29, 1.82) is 0 Å². The molecule has 0 spiro atoms. The van der Waals surface area contributed by atoms with Crippen LogP contribution in [0.5, 0.6) is 0 Å². The molecule has 5 nitrogen and oxygen atoms in total. The summed E-state index contributed by atoms with van der Waals surface area (Å²) >= 11 is 1.63. The topological polar surface area (TPSA) is 54.3 Å². The van der Waals surface area contributed by atoms with Gasteiger partial charge in [-0.1, -0.05) is 0 Å². The number of hydrogen-bond acceptors (Lipinski definition) is 3. The van der Waals surface area contributed by atoms with E-state index >= 15 is 0 Å². The summed E-state index contributed by atoms with van der Waals surface area (Å²) in [4.78, 5) is 26.6. The quantitative estimate of drug-likeness (QED) is 0.935. The van der Waals surface area contributed by atoms with Gasteiger partial charge in [0.25, 0.3) is 5.91 Å². The van der Waals surface area contributed by atoms with E-state index in [0.717, 1.165) is 36.1 Å². The van der Waals surface area contributed by atoms with Gasteiger partial charge in [0, 0.05) is 19.1 Å². The molecule has 2 amide bonds. The van der Waals surface area contributed by atoms with Crippen molar-refractivity contribution >= 4 is 33.4 Å². The van der Waals surface area contributed by atoms with Crippen LogP contribution in [0.25, 0.3) is 10.2 Å². The smallest absolute Gasteiger partial charge is 0.268 e. The maximum atomic E-state index is 12.5. The Bertz CT molecular complexity index is 711. The summed E-state index contributed by atoms with van der Waals surface area (Å²) in [5.41, 5.74) is 1.71. The third kappa shape index (κ3) is 3.27. The van der Waals surface area contributed by atoms with Crippen molar-refractivity contribution in [2.45, 2.75) is 39.2 Å². The molecule has 124 valence electrons. The van der Waals surface area contributed by atoms with Gasteiger partial charge in [0.2, 0.25) is 5.91 Å². The number of carbonyl (C=O) groups excluding carboxylic acids is 2. The second-order valence-electron chi connectivity index (χ2n) is 6.29. The van der Waals surface area contributed by atoms with Gasteiger partial charge in [0.05, 0.1) is 16.8 Å². The van der Waals surface area contributed by atoms with Gasteiger partial charge >= 0.3 is 0 Å². The first kappa shape index (κ1) is 16.1. The van der Waals surface area contributed by atoms with Crippen molar-refractivity contribution in [2.75, 3.05) is 19.6 Å². The molecule has 0 aromatic carbocycles. The van der Waals surface area contributed by atoms with Gasteiger partial charge in [-0.05, 0) is 50.6 Å². The molecule has 0 radical (unpaired) electrons. The van der Waals surface area contributed by atoms with Crippen molar-refractivity contribution in [3.63, 3.8) is 0 Å². The van der Waals surface area contributed by atoms with Gasteiger partial charge in [0.1, 0.15) is 5.69 Å². The minimum Gasteiger partial charge on any atom is -0.342 e. The minimum atomic E-state index is -0.174. The third-order valence-corrected chi connectivity index (χ3v) is 5.17. The molecular formula is C17H23N3O2S. The number of aromatic nitrogens is 1. The molecule has 3 heterocycles. The molecule has 0 bridgehead atoms. The van der Waals surface area contributed by atoms with Crippen LogP contribution in [0.1, 0.15) is 49.6 Å². The summed E-state index contributed by atoms with van der Waals surface area (Å²) in [5.74, 6) is -0.157. The summed E-state index contributed by atoms with van der Waals surface area (Å²) < 4.78 is 3.14. The molecule has 2 aromatic rings. The Morgan fingerprint density at radius 3 is 2.70 bits per heavy atom. The van der Waals surface area contributed by atoms with Crippen molar-refractivity contribution in [3.8, 4) is 0 Å². The second kappa shape index (κ2) is 6.74. The Kier molecular flexibility index (Phi) is 4.71. The largest absolute Gasteiger partial charge is 0.342 e. The van der Waals surface area contributed by atoms with Crippen LogP contribution in [0.3, 0.4) is 0 Å². The highest BCUT2D eigenvalue weighted by molar-refractivity contribution is 7.17. The predicted molar refractivity (Wildman–Crippen MR) is 93.0 cm³/mol. The summed E-state index contributed by atoms with van der Waals surface area (Å²) in [6.45, 7) is 5.83. The highest BCUT2D eigenvalue weighted by Gasteiger charge is 2.21. The molecule has 1 aliphatic rings. The van der Waals surface area contributed by atoms with E-state index in [1.807, 2.05) is 27.0 Å². The molecule has 0 atom stereocenters. The van der Waals surface area contributed by atoms with Gasteiger partial charge in [-0.15, -0.1) is 11.3 Å². The van der Waals surface area contributed by atoms with E-state index < -0.39 is 0 Å². The van der Waals surface area contributed by atoms with E-state index in [2.05, 4.69) is 19.2 Å². The van der Waals surface area contributed by atoms with Gasteiger partial charge < -0.3 is 14.8 Å². The number of rotatable bonds is 4. The molecule has 0 aliphatic carbocycles. The van der Waals surface area contributed by atoms with E-state index in [0.29, 0.717) is 5.69 Å². The highest BCUT2D eigenvalue weighted by Crippen LogP contribution is 2.28. The molecule has 23 heavy (non-hydrogen) atoms. The number of amides is 2. The van der Waals surface area contributed by atoms with Crippen LogP contribution >= 0.6 is 11.3 Å². The standard InChI is InChI=1S/C17H23N3O2S/c1-12(2)20-13-6-9-23-15(13)10-14(20)17(22)18-11-16(21)19-7-4-3-5-8-19/h6,9-10,12H,3-5,7-8,11H2,1-2H3,(H,18,22).